The molecule has 0 N–H and O–H groups in total. The average molecular weight is 374 g/mol. The van der Waals surface area contributed by atoms with Gasteiger partial charge in [0.2, 0.25) is 0 Å². The molecule has 1 saturated carbocycles. The molecular formula is C21H26O6. The molecule has 0 aliphatic heterocycles. The molecule has 1 aliphatic rings. The van der Waals surface area contributed by atoms with Crippen LogP contribution in [0.2, 0.25) is 0 Å². The van der Waals surface area contributed by atoms with Crippen molar-refractivity contribution in [2.24, 2.45) is 0 Å². The molecule has 0 spiro atoms. The fourth-order valence-corrected chi connectivity index (χ4v) is 3.17. The molecule has 0 bridgehead atoms. The maximum Gasteiger partial charge on any atom is 0.345 e. The zero-order chi connectivity index (χ0) is 19.7. The van der Waals surface area contributed by atoms with Gasteiger partial charge in [-0.05, 0) is 38.2 Å². The number of ether oxygens (including phenoxy) is 3. The number of carbonyl (C=O) groups is 3. The number of rotatable bonds is 7. The minimum absolute atomic E-state index is 0.181. The lowest BCUT2D eigenvalue weighted by molar-refractivity contribution is -0.174. The van der Waals surface area contributed by atoms with Crippen molar-refractivity contribution in [1.29, 1.82) is 0 Å². The van der Waals surface area contributed by atoms with Crippen molar-refractivity contribution in [1.82, 2.24) is 0 Å². The maximum atomic E-state index is 12.3. The van der Waals surface area contributed by atoms with Crippen LogP contribution in [0.4, 0.5) is 0 Å². The van der Waals surface area contributed by atoms with E-state index in [1.165, 1.54) is 6.92 Å². The van der Waals surface area contributed by atoms with Gasteiger partial charge in [0.05, 0.1) is 0 Å². The standard InChI is InChI=1S/C21H26O6/c1-16(2)20(24)26-14-18(22)25-15-19(23)27-21(12-8-3-4-9-13-21)17-10-6-5-7-11-17/h5-7,10-11H,1,3-4,8-9,12-15H2,2H3. The first-order chi connectivity index (χ1) is 12.9. The van der Waals surface area contributed by atoms with E-state index in [0.29, 0.717) is 0 Å². The van der Waals surface area contributed by atoms with Crippen molar-refractivity contribution in [3.63, 3.8) is 0 Å². The number of esters is 3. The molecule has 1 aliphatic carbocycles. The normalized spacial score (nSPS) is 15.9. The Balaban J connectivity index is 1.93. The molecule has 0 atom stereocenters. The Morgan fingerprint density at radius 1 is 0.926 bits per heavy atom. The van der Waals surface area contributed by atoms with Crippen LogP contribution in [0.3, 0.4) is 0 Å². The summed E-state index contributed by atoms with van der Waals surface area (Å²) in [5.74, 6) is -2.10. The topological polar surface area (TPSA) is 78.9 Å². The second-order valence-corrected chi connectivity index (χ2v) is 6.77. The second-order valence-electron chi connectivity index (χ2n) is 6.77. The monoisotopic (exact) mass is 374 g/mol. The zero-order valence-corrected chi connectivity index (χ0v) is 15.7. The number of hydrogen-bond acceptors (Lipinski definition) is 6. The predicted octanol–water partition coefficient (Wildman–Crippen LogP) is 3.44. The van der Waals surface area contributed by atoms with Crippen LogP contribution in [-0.2, 0) is 34.2 Å². The van der Waals surface area contributed by atoms with E-state index >= 15 is 0 Å². The minimum Gasteiger partial charge on any atom is -0.452 e. The Kier molecular flexibility index (Phi) is 7.58. The third-order valence-electron chi connectivity index (χ3n) is 4.54. The summed E-state index contributed by atoms with van der Waals surface area (Å²) in [6, 6.07) is 9.69. The van der Waals surface area contributed by atoms with Gasteiger partial charge in [-0.3, -0.25) is 0 Å². The van der Waals surface area contributed by atoms with Crippen LogP contribution in [0.1, 0.15) is 51.0 Å². The molecule has 0 unspecified atom stereocenters. The first-order valence-electron chi connectivity index (χ1n) is 9.18. The van der Waals surface area contributed by atoms with E-state index in [1.54, 1.807) is 0 Å². The lowest BCUT2D eigenvalue weighted by Crippen LogP contribution is -2.34. The van der Waals surface area contributed by atoms with Crippen molar-refractivity contribution in [2.75, 3.05) is 13.2 Å². The summed E-state index contributed by atoms with van der Waals surface area (Å²) in [6.45, 7) is 3.81. The van der Waals surface area contributed by atoms with Crippen LogP contribution >= 0.6 is 0 Å². The van der Waals surface area contributed by atoms with Crippen molar-refractivity contribution >= 4 is 17.9 Å². The highest BCUT2D eigenvalue weighted by atomic mass is 16.6. The van der Waals surface area contributed by atoms with E-state index in [4.69, 9.17) is 9.47 Å². The summed E-state index contributed by atoms with van der Waals surface area (Å²) in [6.07, 6.45) is 5.64. The minimum atomic E-state index is -0.809. The number of carbonyl (C=O) groups excluding carboxylic acids is 3. The van der Waals surface area contributed by atoms with E-state index in [1.807, 2.05) is 30.3 Å². The van der Waals surface area contributed by atoms with Crippen molar-refractivity contribution < 1.29 is 28.6 Å². The summed E-state index contributed by atoms with van der Waals surface area (Å²) < 4.78 is 15.4. The average Bonchev–Trinajstić information content (AvgIpc) is 2.91. The van der Waals surface area contributed by atoms with E-state index < -0.39 is 36.7 Å². The van der Waals surface area contributed by atoms with E-state index in [9.17, 15) is 14.4 Å². The van der Waals surface area contributed by atoms with E-state index in [0.717, 1.165) is 44.1 Å². The van der Waals surface area contributed by atoms with Crippen molar-refractivity contribution in [2.45, 2.75) is 51.0 Å². The third-order valence-corrected chi connectivity index (χ3v) is 4.54. The summed E-state index contributed by atoms with van der Waals surface area (Å²) in [4.78, 5) is 35.2. The molecule has 6 heteroatoms. The lowest BCUT2D eigenvalue weighted by atomic mass is 9.86. The SMILES string of the molecule is C=C(C)C(=O)OCC(=O)OCC(=O)OC1(c2ccccc2)CCCCCC1. The second kappa shape index (κ2) is 9.90. The molecule has 146 valence electrons. The Labute approximate surface area is 159 Å². The molecule has 2 rings (SSSR count). The van der Waals surface area contributed by atoms with Gasteiger partial charge in [-0.15, -0.1) is 0 Å². The van der Waals surface area contributed by atoms with Crippen LogP contribution < -0.4 is 0 Å². The van der Waals surface area contributed by atoms with Gasteiger partial charge in [-0.25, -0.2) is 14.4 Å². The van der Waals surface area contributed by atoms with E-state index in [-0.39, 0.29) is 5.57 Å². The van der Waals surface area contributed by atoms with Gasteiger partial charge in [-0.2, -0.15) is 0 Å². The lowest BCUT2D eigenvalue weighted by Gasteiger charge is -2.33. The molecule has 0 saturated heterocycles. The molecule has 0 radical (unpaired) electrons. The molecule has 1 fully saturated rings. The summed E-state index contributed by atoms with van der Waals surface area (Å²) in [7, 11) is 0. The van der Waals surface area contributed by atoms with Crippen LogP contribution in [-0.4, -0.2) is 31.1 Å². The van der Waals surface area contributed by atoms with Gasteiger partial charge in [0.1, 0.15) is 5.60 Å². The van der Waals surface area contributed by atoms with Gasteiger partial charge in [-0.1, -0.05) is 49.8 Å². The van der Waals surface area contributed by atoms with Crippen LogP contribution in [0, 0.1) is 0 Å². The molecule has 1 aromatic rings. The van der Waals surface area contributed by atoms with Gasteiger partial charge in [0.15, 0.2) is 13.2 Å². The summed E-state index contributed by atoms with van der Waals surface area (Å²) >= 11 is 0. The quantitative estimate of drug-likeness (QED) is 0.315. The number of hydrogen-bond donors (Lipinski definition) is 0. The molecule has 27 heavy (non-hydrogen) atoms. The third kappa shape index (κ3) is 6.24. The molecule has 0 aromatic heterocycles. The highest BCUT2D eigenvalue weighted by Gasteiger charge is 2.36. The maximum absolute atomic E-state index is 12.3. The fraction of sp³-hybridized carbons (Fsp3) is 0.476. The Bertz CT molecular complexity index is 671. The first kappa shape index (κ1) is 20.7. The zero-order valence-electron chi connectivity index (χ0n) is 15.7. The van der Waals surface area contributed by atoms with Crippen LogP contribution in [0.5, 0.6) is 0 Å². The Morgan fingerprint density at radius 3 is 2.11 bits per heavy atom. The smallest absolute Gasteiger partial charge is 0.345 e. The van der Waals surface area contributed by atoms with Gasteiger partial charge in [0.25, 0.3) is 0 Å². The Morgan fingerprint density at radius 2 is 1.52 bits per heavy atom. The summed E-state index contributed by atoms with van der Waals surface area (Å²) in [5, 5.41) is 0. The number of benzene rings is 1. The first-order valence-corrected chi connectivity index (χ1v) is 9.18. The largest absolute Gasteiger partial charge is 0.452 e. The fourth-order valence-electron chi connectivity index (χ4n) is 3.17. The van der Waals surface area contributed by atoms with Gasteiger partial charge in [0, 0.05) is 5.57 Å². The molecular weight excluding hydrogens is 348 g/mol. The predicted molar refractivity (Wildman–Crippen MR) is 98.6 cm³/mol. The van der Waals surface area contributed by atoms with Crippen molar-refractivity contribution in [3.05, 3.63) is 48.0 Å². The Hall–Kier alpha value is -2.63. The van der Waals surface area contributed by atoms with Crippen molar-refractivity contribution in [3.8, 4) is 0 Å². The highest BCUT2D eigenvalue weighted by molar-refractivity contribution is 5.88. The highest BCUT2D eigenvalue weighted by Crippen LogP contribution is 2.39. The molecule has 0 amide bonds. The summed E-state index contributed by atoms with van der Waals surface area (Å²) in [5.41, 5.74) is 0.454. The van der Waals surface area contributed by atoms with Crippen LogP contribution in [0.25, 0.3) is 0 Å². The van der Waals surface area contributed by atoms with Gasteiger partial charge < -0.3 is 14.2 Å². The van der Waals surface area contributed by atoms with Crippen LogP contribution in [0.15, 0.2) is 42.5 Å². The molecule has 0 heterocycles. The molecule has 1 aromatic carbocycles. The van der Waals surface area contributed by atoms with Gasteiger partial charge >= 0.3 is 17.9 Å². The van der Waals surface area contributed by atoms with E-state index in [2.05, 4.69) is 11.3 Å². The molecule has 6 nitrogen and oxygen atoms in total.